The highest BCUT2D eigenvalue weighted by atomic mass is 16.5. The summed E-state index contributed by atoms with van der Waals surface area (Å²) in [5, 5.41) is 0. The van der Waals surface area contributed by atoms with E-state index in [0.717, 1.165) is 0 Å². The molecule has 1 rings (SSSR count). The van der Waals surface area contributed by atoms with E-state index < -0.39 is 0 Å². The molecule has 0 amide bonds. The predicted octanol–water partition coefficient (Wildman–Crippen LogP) is 0.686. The summed E-state index contributed by atoms with van der Waals surface area (Å²) in [4.78, 5) is 2.06. The van der Waals surface area contributed by atoms with Crippen molar-refractivity contribution in [3.05, 3.63) is 0 Å². The lowest BCUT2D eigenvalue weighted by Gasteiger charge is -2.25. The molecule has 1 fully saturated rings. The van der Waals surface area contributed by atoms with Crippen LogP contribution in [0.5, 0.6) is 0 Å². The Morgan fingerprint density at radius 1 is 1.80 bits per heavy atom. The molecule has 0 aromatic heterocycles. The Kier molecular flexibility index (Phi) is 1.72. The maximum absolute atomic E-state index is 5.36. The van der Waals surface area contributed by atoms with Gasteiger partial charge in [0.2, 0.25) is 0 Å². The van der Waals surface area contributed by atoms with Crippen molar-refractivity contribution in [1.29, 1.82) is 0 Å². The van der Waals surface area contributed by atoms with Gasteiger partial charge in [-0.2, -0.15) is 0 Å². The Labute approximate surface area is 62.2 Å². The van der Waals surface area contributed by atoms with Gasteiger partial charge in [-0.1, -0.05) is 5.92 Å². The summed E-state index contributed by atoms with van der Waals surface area (Å²) in [5.41, 5.74) is -0.195. The average molecular weight is 139 g/mol. The van der Waals surface area contributed by atoms with Gasteiger partial charge in [0, 0.05) is 0 Å². The molecule has 0 saturated carbocycles. The molecule has 2 atom stereocenters. The molecule has 56 valence electrons. The van der Waals surface area contributed by atoms with E-state index in [9.17, 15) is 0 Å². The first-order chi connectivity index (χ1) is 4.60. The zero-order chi connectivity index (χ0) is 7.78. The van der Waals surface area contributed by atoms with E-state index in [1.807, 2.05) is 20.9 Å². The first kappa shape index (κ1) is 7.59. The molecule has 2 unspecified atom stereocenters. The van der Waals surface area contributed by atoms with Crippen LogP contribution in [0.3, 0.4) is 0 Å². The van der Waals surface area contributed by atoms with Crippen molar-refractivity contribution < 1.29 is 4.74 Å². The van der Waals surface area contributed by atoms with E-state index in [2.05, 4.69) is 10.8 Å². The van der Waals surface area contributed by atoms with Gasteiger partial charge < -0.3 is 4.74 Å². The standard InChI is InChI=1S/C8H13NO/c1-5-8(3)6-10-7(2)9(8)4/h1,7H,6H2,2-4H3. The number of nitrogens with zero attached hydrogens (tertiary/aromatic N) is 1. The van der Waals surface area contributed by atoms with Gasteiger partial charge in [-0.05, 0) is 20.9 Å². The van der Waals surface area contributed by atoms with Crippen LogP contribution in [0.1, 0.15) is 13.8 Å². The second kappa shape index (κ2) is 2.26. The van der Waals surface area contributed by atoms with Crippen LogP contribution in [0.25, 0.3) is 0 Å². The van der Waals surface area contributed by atoms with Gasteiger partial charge in [0.15, 0.2) is 0 Å². The van der Waals surface area contributed by atoms with E-state index in [4.69, 9.17) is 11.2 Å². The van der Waals surface area contributed by atoms with Crippen LogP contribution >= 0.6 is 0 Å². The van der Waals surface area contributed by atoms with Crippen molar-refractivity contribution in [2.75, 3.05) is 13.7 Å². The Balaban J connectivity index is 2.76. The predicted molar refractivity (Wildman–Crippen MR) is 40.4 cm³/mol. The van der Waals surface area contributed by atoms with E-state index in [1.165, 1.54) is 0 Å². The van der Waals surface area contributed by atoms with Crippen LogP contribution in [0.4, 0.5) is 0 Å². The van der Waals surface area contributed by atoms with Crippen LogP contribution in [-0.2, 0) is 4.74 Å². The summed E-state index contributed by atoms with van der Waals surface area (Å²) >= 11 is 0. The van der Waals surface area contributed by atoms with Gasteiger partial charge in [-0.25, -0.2) is 0 Å². The lowest BCUT2D eigenvalue weighted by molar-refractivity contribution is 0.0592. The number of hydrogen-bond donors (Lipinski definition) is 0. The van der Waals surface area contributed by atoms with Gasteiger partial charge in [0.1, 0.15) is 11.8 Å². The zero-order valence-corrected chi connectivity index (χ0v) is 6.72. The molecule has 0 bridgehead atoms. The summed E-state index contributed by atoms with van der Waals surface area (Å²) in [6.07, 6.45) is 5.50. The molecule has 0 radical (unpaired) electrons. The first-order valence-electron chi connectivity index (χ1n) is 3.42. The summed E-state index contributed by atoms with van der Waals surface area (Å²) < 4.78 is 5.36. The molecule has 0 aromatic carbocycles. The summed E-state index contributed by atoms with van der Waals surface area (Å²) in [6.45, 7) is 4.65. The van der Waals surface area contributed by atoms with Gasteiger partial charge in [-0.3, -0.25) is 4.90 Å². The minimum absolute atomic E-state index is 0.154. The Morgan fingerprint density at radius 3 is 2.60 bits per heavy atom. The number of ether oxygens (including phenoxy) is 1. The first-order valence-corrected chi connectivity index (χ1v) is 3.42. The molecule has 2 nitrogen and oxygen atoms in total. The Hall–Kier alpha value is -0.520. The van der Waals surface area contributed by atoms with E-state index in [-0.39, 0.29) is 11.8 Å². The Morgan fingerprint density at radius 2 is 2.40 bits per heavy atom. The largest absolute Gasteiger partial charge is 0.360 e. The number of rotatable bonds is 0. The fraction of sp³-hybridized carbons (Fsp3) is 0.750. The molecule has 0 aliphatic carbocycles. The zero-order valence-electron chi connectivity index (χ0n) is 6.72. The lowest BCUT2D eigenvalue weighted by atomic mass is 10.1. The third-order valence-electron chi connectivity index (χ3n) is 2.24. The highest BCUT2D eigenvalue weighted by Crippen LogP contribution is 2.23. The third-order valence-corrected chi connectivity index (χ3v) is 2.24. The van der Waals surface area contributed by atoms with Crippen molar-refractivity contribution in [1.82, 2.24) is 4.90 Å². The van der Waals surface area contributed by atoms with Crippen LogP contribution in [-0.4, -0.2) is 30.3 Å². The van der Waals surface area contributed by atoms with Crippen LogP contribution in [0, 0.1) is 12.3 Å². The van der Waals surface area contributed by atoms with Gasteiger partial charge >= 0.3 is 0 Å². The fourth-order valence-electron chi connectivity index (χ4n) is 1.04. The second-order valence-corrected chi connectivity index (χ2v) is 2.94. The molecule has 1 aliphatic rings. The molecule has 0 aromatic rings. The topological polar surface area (TPSA) is 12.5 Å². The van der Waals surface area contributed by atoms with E-state index in [0.29, 0.717) is 6.61 Å². The van der Waals surface area contributed by atoms with Gasteiger partial charge in [-0.15, -0.1) is 6.42 Å². The summed E-state index contributed by atoms with van der Waals surface area (Å²) in [7, 11) is 1.98. The summed E-state index contributed by atoms with van der Waals surface area (Å²) in [5.74, 6) is 2.72. The van der Waals surface area contributed by atoms with Crippen molar-refractivity contribution >= 4 is 0 Å². The molecule has 2 heteroatoms. The highest BCUT2D eigenvalue weighted by molar-refractivity contribution is 5.13. The highest BCUT2D eigenvalue weighted by Gasteiger charge is 2.37. The molecule has 0 spiro atoms. The fourth-order valence-corrected chi connectivity index (χ4v) is 1.04. The average Bonchev–Trinajstić information content (AvgIpc) is 2.19. The van der Waals surface area contributed by atoms with Crippen molar-refractivity contribution in [3.8, 4) is 12.3 Å². The minimum Gasteiger partial charge on any atom is -0.360 e. The van der Waals surface area contributed by atoms with Crippen molar-refractivity contribution in [2.24, 2.45) is 0 Å². The van der Waals surface area contributed by atoms with Crippen molar-refractivity contribution in [3.63, 3.8) is 0 Å². The SMILES string of the molecule is C#CC1(C)COC(C)N1C. The molecule has 1 heterocycles. The normalized spacial score (nSPS) is 41.6. The lowest BCUT2D eigenvalue weighted by Crippen LogP contribution is -2.41. The molecule has 1 aliphatic heterocycles. The molecular formula is C8H13NO. The smallest absolute Gasteiger partial charge is 0.108 e. The third kappa shape index (κ3) is 0.920. The number of likely N-dealkylation sites (N-methyl/N-ethyl adjacent to an activating group) is 1. The molecule has 0 N–H and O–H groups in total. The summed E-state index contributed by atoms with van der Waals surface area (Å²) in [6, 6.07) is 0. The van der Waals surface area contributed by atoms with Gasteiger partial charge in [0.25, 0.3) is 0 Å². The quantitative estimate of drug-likeness (QED) is 0.458. The second-order valence-electron chi connectivity index (χ2n) is 2.94. The maximum Gasteiger partial charge on any atom is 0.108 e. The number of terminal acetylenes is 1. The van der Waals surface area contributed by atoms with Crippen LogP contribution in [0.2, 0.25) is 0 Å². The number of hydrogen-bond acceptors (Lipinski definition) is 2. The van der Waals surface area contributed by atoms with Crippen LogP contribution in [0.15, 0.2) is 0 Å². The van der Waals surface area contributed by atoms with Crippen molar-refractivity contribution in [2.45, 2.75) is 25.6 Å². The maximum atomic E-state index is 5.36. The van der Waals surface area contributed by atoms with E-state index >= 15 is 0 Å². The Bertz CT molecular complexity index is 173. The molecular weight excluding hydrogens is 126 g/mol. The monoisotopic (exact) mass is 139 g/mol. The molecule has 10 heavy (non-hydrogen) atoms. The molecule has 1 saturated heterocycles. The minimum atomic E-state index is -0.195. The van der Waals surface area contributed by atoms with Gasteiger partial charge in [0.05, 0.1) is 6.61 Å². The van der Waals surface area contributed by atoms with Crippen LogP contribution < -0.4 is 0 Å². The van der Waals surface area contributed by atoms with E-state index in [1.54, 1.807) is 0 Å².